The number of unbranched alkanes of at least 4 members (excludes halogenated alkanes) is 1. The van der Waals surface area contributed by atoms with Gasteiger partial charge in [0.25, 0.3) is 5.91 Å². The van der Waals surface area contributed by atoms with Crippen molar-refractivity contribution in [3.05, 3.63) is 29.8 Å². The summed E-state index contributed by atoms with van der Waals surface area (Å²) in [5, 5.41) is 0. The van der Waals surface area contributed by atoms with Crippen LogP contribution < -0.4 is 4.90 Å². The molecule has 1 aliphatic rings. The minimum Gasteiger partial charge on any atom is -0.313 e. The summed E-state index contributed by atoms with van der Waals surface area (Å²) < 4.78 is 0. The molecule has 4 heteroatoms. The number of fused-ring (bicyclic) bond motifs is 1. The van der Waals surface area contributed by atoms with Crippen LogP contribution >= 0.6 is 11.6 Å². The first-order chi connectivity index (χ1) is 8.52. The number of amides is 1. The number of ketones is 1. The quantitative estimate of drug-likeness (QED) is 0.622. The monoisotopic (exact) mass is 265 g/mol. The summed E-state index contributed by atoms with van der Waals surface area (Å²) in [6.45, 7) is 2.01. The number of anilines is 1. The van der Waals surface area contributed by atoms with Gasteiger partial charge in [-0.3, -0.25) is 9.59 Å². The number of alkyl halides is 1. The zero-order valence-corrected chi connectivity index (χ0v) is 11.3. The number of carbonyl (C=O) groups is 2. The number of halogens is 1. The number of nitrogens with zero attached hydrogens (tertiary/aromatic N) is 1. The highest BCUT2D eigenvalue weighted by Gasteiger charge is 2.50. The van der Waals surface area contributed by atoms with Crippen molar-refractivity contribution < 1.29 is 9.59 Å². The van der Waals surface area contributed by atoms with E-state index in [2.05, 4.69) is 0 Å². The summed E-state index contributed by atoms with van der Waals surface area (Å²) in [5.74, 6) is -0.586. The molecule has 1 atom stereocenters. The first-order valence-corrected chi connectivity index (χ1v) is 6.51. The van der Waals surface area contributed by atoms with Crippen LogP contribution in [0.1, 0.15) is 36.5 Å². The maximum Gasteiger partial charge on any atom is 0.255 e. The molecule has 1 unspecified atom stereocenters. The van der Waals surface area contributed by atoms with Crippen molar-refractivity contribution in [1.29, 1.82) is 0 Å². The van der Waals surface area contributed by atoms with Gasteiger partial charge in [0.05, 0.1) is 5.69 Å². The molecule has 3 nitrogen and oxygen atoms in total. The van der Waals surface area contributed by atoms with Crippen molar-refractivity contribution >= 4 is 29.0 Å². The Bertz CT molecular complexity index is 500. The smallest absolute Gasteiger partial charge is 0.255 e. The summed E-state index contributed by atoms with van der Waals surface area (Å²) in [6, 6.07) is 7.09. The highest BCUT2D eigenvalue weighted by atomic mass is 35.5. The molecular formula is C14H16ClNO2. The lowest BCUT2D eigenvalue weighted by atomic mass is 9.86. The lowest BCUT2D eigenvalue weighted by molar-refractivity contribution is -0.120. The van der Waals surface area contributed by atoms with Gasteiger partial charge >= 0.3 is 0 Å². The van der Waals surface area contributed by atoms with Crippen LogP contribution in [0.15, 0.2) is 24.3 Å². The Kier molecular flexibility index (Phi) is 3.44. The van der Waals surface area contributed by atoms with Crippen LogP contribution in [0.3, 0.4) is 0 Å². The topological polar surface area (TPSA) is 37.4 Å². The van der Waals surface area contributed by atoms with Gasteiger partial charge in [-0.25, -0.2) is 0 Å². The van der Waals surface area contributed by atoms with Crippen molar-refractivity contribution in [2.24, 2.45) is 0 Å². The molecule has 0 fully saturated rings. The Labute approximate surface area is 112 Å². The second-order valence-corrected chi connectivity index (χ2v) is 5.26. The Balaban J connectivity index is 2.48. The number of Topliss-reactive ketones (excluding diaryl/α,β-unsaturated/α-hetero) is 1. The van der Waals surface area contributed by atoms with Crippen LogP contribution in [-0.4, -0.2) is 23.6 Å². The van der Waals surface area contributed by atoms with Crippen molar-refractivity contribution in [2.75, 3.05) is 11.9 Å². The molecular weight excluding hydrogens is 250 g/mol. The SMILES string of the molecule is CCCCC1(Cl)C(=O)c2ccccc2N(C)C1=O. The van der Waals surface area contributed by atoms with E-state index in [4.69, 9.17) is 11.6 Å². The number of hydrogen-bond donors (Lipinski definition) is 0. The van der Waals surface area contributed by atoms with Crippen molar-refractivity contribution in [2.45, 2.75) is 31.1 Å². The largest absolute Gasteiger partial charge is 0.313 e. The van der Waals surface area contributed by atoms with Crippen molar-refractivity contribution in [3.63, 3.8) is 0 Å². The molecule has 1 aromatic rings. The molecule has 0 saturated heterocycles. The normalized spacial score (nSPS) is 23.2. The molecule has 0 radical (unpaired) electrons. The fourth-order valence-electron chi connectivity index (χ4n) is 2.28. The minimum atomic E-state index is -1.42. The van der Waals surface area contributed by atoms with E-state index < -0.39 is 4.87 Å². The fraction of sp³-hybridized carbons (Fsp3) is 0.429. The lowest BCUT2D eigenvalue weighted by Crippen LogP contribution is -2.53. The first kappa shape index (κ1) is 13.1. The molecule has 1 aliphatic heterocycles. The summed E-state index contributed by atoms with van der Waals surface area (Å²) in [4.78, 5) is 24.8. The first-order valence-electron chi connectivity index (χ1n) is 6.13. The second-order valence-electron chi connectivity index (χ2n) is 4.62. The zero-order chi connectivity index (χ0) is 13.3. The van der Waals surface area contributed by atoms with E-state index in [1.807, 2.05) is 13.0 Å². The molecule has 0 N–H and O–H groups in total. The highest BCUT2D eigenvalue weighted by Crippen LogP contribution is 2.38. The predicted octanol–water partition coefficient (Wildman–Crippen LogP) is 3.01. The lowest BCUT2D eigenvalue weighted by Gasteiger charge is -2.35. The van der Waals surface area contributed by atoms with Gasteiger partial charge in [-0.1, -0.05) is 43.5 Å². The van der Waals surface area contributed by atoms with Gasteiger partial charge in [0.2, 0.25) is 0 Å². The fourth-order valence-corrected chi connectivity index (χ4v) is 2.65. The number of carbonyl (C=O) groups excluding carboxylic acids is 2. The molecule has 1 heterocycles. The van der Waals surface area contributed by atoms with E-state index in [-0.39, 0.29) is 11.7 Å². The predicted molar refractivity (Wildman–Crippen MR) is 72.3 cm³/mol. The molecule has 96 valence electrons. The van der Waals surface area contributed by atoms with E-state index in [1.165, 1.54) is 4.90 Å². The molecule has 1 amide bonds. The Morgan fingerprint density at radius 1 is 1.28 bits per heavy atom. The van der Waals surface area contributed by atoms with Crippen LogP contribution in [-0.2, 0) is 4.79 Å². The Hall–Kier alpha value is -1.35. The van der Waals surface area contributed by atoms with E-state index >= 15 is 0 Å². The molecule has 0 spiro atoms. The van der Waals surface area contributed by atoms with Gasteiger partial charge < -0.3 is 4.90 Å². The Morgan fingerprint density at radius 2 is 1.94 bits per heavy atom. The summed E-state index contributed by atoms with van der Waals surface area (Å²) >= 11 is 6.34. The zero-order valence-electron chi connectivity index (χ0n) is 10.6. The van der Waals surface area contributed by atoms with Crippen molar-refractivity contribution in [3.8, 4) is 0 Å². The highest BCUT2D eigenvalue weighted by molar-refractivity contribution is 6.52. The van der Waals surface area contributed by atoms with E-state index in [0.717, 1.165) is 12.8 Å². The van der Waals surface area contributed by atoms with Gasteiger partial charge in [0.1, 0.15) is 0 Å². The maximum atomic E-state index is 12.4. The average Bonchev–Trinajstić information content (AvgIpc) is 2.41. The van der Waals surface area contributed by atoms with E-state index in [9.17, 15) is 9.59 Å². The van der Waals surface area contributed by atoms with Crippen molar-refractivity contribution in [1.82, 2.24) is 0 Å². The number of hydrogen-bond acceptors (Lipinski definition) is 2. The average molecular weight is 266 g/mol. The van der Waals surface area contributed by atoms with Crippen LogP contribution in [0.25, 0.3) is 0 Å². The third-order valence-electron chi connectivity index (χ3n) is 3.39. The van der Waals surface area contributed by atoms with Gasteiger partial charge in [-0.05, 0) is 18.6 Å². The number of benzene rings is 1. The molecule has 0 aromatic heterocycles. The minimum absolute atomic E-state index is 0.267. The van der Waals surface area contributed by atoms with Gasteiger partial charge in [-0.15, -0.1) is 0 Å². The maximum absolute atomic E-state index is 12.4. The molecule has 18 heavy (non-hydrogen) atoms. The third kappa shape index (κ3) is 1.83. The van der Waals surface area contributed by atoms with Crippen LogP contribution in [0.4, 0.5) is 5.69 Å². The third-order valence-corrected chi connectivity index (χ3v) is 3.91. The van der Waals surface area contributed by atoms with Gasteiger partial charge in [0.15, 0.2) is 10.7 Å². The molecule has 0 saturated carbocycles. The van der Waals surface area contributed by atoms with E-state index in [0.29, 0.717) is 17.7 Å². The van der Waals surface area contributed by atoms with Crippen LogP contribution in [0.5, 0.6) is 0 Å². The summed E-state index contributed by atoms with van der Waals surface area (Å²) in [7, 11) is 1.66. The van der Waals surface area contributed by atoms with Crippen LogP contribution in [0, 0.1) is 0 Å². The number of para-hydroxylation sites is 1. The second kappa shape index (κ2) is 4.73. The van der Waals surface area contributed by atoms with Gasteiger partial charge in [-0.2, -0.15) is 0 Å². The number of rotatable bonds is 3. The standard InChI is InChI=1S/C14H16ClNO2/c1-3-4-9-14(15)12(17)10-7-5-6-8-11(10)16(2)13(14)18/h5-8H,3-4,9H2,1-2H3. The van der Waals surface area contributed by atoms with Gasteiger partial charge in [0, 0.05) is 12.6 Å². The molecule has 1 aromatic carbocycles. The summed E-state index contributed by atoms with van der Waals surface area (Å²) in [5.41, 5.74) is 1.17. The summed E-state index contributed by atoms with van der Waals surface area (Å²) in [6.07, 6.45) is 2.05. The molecule has 0 bridgehead atoms. The van der Waals surface area contributed by atoms with E-state index in [1.54, 1.807) is 25.2 Å². The molecule has 2 rings (SSSR count). The van der Waals surface area contributed by atoms with Crippen LogP contribution in [0.2, 0.25) is 0 Å². The molecule has 0 aliphatic carbocycles. The Morgan fingerprint density at radius 3 is 2.61 bits per heavy atom.